The lowest BCUT2D eigenvalue weighted by Crippen LogP contribution is -2.46. The zero-order valence-corrected chi connectivity index (χ0v) is 17.0. The van der Waals surface area contributed by atoms with Crippen LogP contribution in [0.15, 0.2) is 48.8 Å². The van der Waals surface area contributed by atoms with Crippen LogP contribution in [0.5, 0.6) is 0 Å². The molecule has 0 spiro atoms. The number of rotatable bonds is 4. The molecule has 2 aliphatic rings. The van der Waals surface area contributed by atoms with E-state index in [9.17, 15) is 5.11 Å². The van der Waals surface area contributed by atoms with Gasteiger partial charge < -0.3 is 14.9 Å². The average molecular weight is 391 g/mol. The summed E-state index contributed by atoms with van der Waals surface area (Å²) >= 11 is 0. The third-order valence-electron chi connectivity index (χ3n) is 6.66. The molecule has 0 unspecified atom stereocenters. The quantitative estimate of drug-likeness (QED) is 0.732. The third kappa shape index (κ3) is 3.77. The number of hydrogen-bond donors (Lipinski definition) is 1. The second-order valence-electron chi connectivity index (χ2n) is 8.43. The summed E-state index contributed by atoms with van der Waals surface area (Å²) in [5.74, 6) is 0. The second kappa shape index (κ2) is 8.17. The highest BCUT2D eigenvalue weighted by molar-refractivity contribution is 5.78. The van der Waals surface area contributed by atoms with E-state index >= 15 is 0 Å². The van der Waals surface area contributed by atoms with E-state index < -0.39 is 0 Å². The predicted molar refractivity (Wildman–Crippen MR) is 118 cm³/mol. The van der Waals surface area contributed by atoms with Crippen molar-refractivity contribution in [2.24, 2.45) is 0 Å². The molecule has 2 aliphatic heterocycles. The van der Waals surface area contributed by atoms with E-state index in [1.807, 2.05) is 24.5 Å². The standard InChI is InChI=1S/C24H30N4O/c29-17-19-4-9-23-24(16-19)28(18-25-23)22-7-5-20(6-8-22)27-14-10-21(11-15-27)26-12-2-1-3-13-26/h4-9,16,18,21,29H,1-3,10-15,17H2. The molecule has 5 heteroatoms. The van der Waals surface area contributed by atoms with Crippen molar-refractivity contribution in [3.63, 3.8) is 0 Å². The van der Waals surface area contributed by atoms with Crippen LogP contribution in [0.25, 0.3) is 16.7 Å². The Kier molecular flexibility index (Phi) is 5.25. The third-order valence-corrected chi connectivity index (χ3v) is 6.66. The first-order valence-electron chi connectivity index (χ1n) is 11.0. The van der Waals surface area contributed by atoms with Crippen LogP contribution in [0.1, 0.15) is 37.7 Å². The van der Waals surface area contributed by atoms with Gasteiger partial charge in [-0.15, -0.1) is 0 Å². The van der Waals surface area contributed by atoms with Gasteiger partial charge in [-0.05, 0) is 80.7 Å². The van der Waals surface area contributed by atoms with Crippen molar-refractivity contribution in [2.45, 2.75) is 44.8 Å². The summed E-state index contributed by atoms with van der Waals surface area (Å²) in [5.41, 5.74) is 5.31. The van der Waals surface area contributed by atoms with Crippen molar-refractivity contribution in [2.75, 3.05) is 31.1 Å². The van der Waals surface area contributed by atoms with Gasteiger partial charge in [-0.3, -0.25) is 4.57 Å². The van der Waals surface area contributed by atoms with E-state index in [1.165, 1.54) is 50.9 Å². The molecule has 3 heterocycles. The van der Waals surface area contributed by atoms with E-state index in [-0.39, 0.29) is 6.61 Å². The second-order valence-corrected chi connectivity index (χ2v) is 8.43. The van der Waals surface area contributed by atoms with E-state index in [0.717, 1.165) is 41.4 Å². The number of piperidine rings is 2. The van der Waals surface area contributed by atoms with Gasteiger partial charge in [0.25, 0.3) is 0 Å². The Morgan fingerprint density at radius 2 is 1.59 bits per heavy atom. The molecule has 2 saturated heterocycles. The maximum Gasteiger partial charge on any atom is 0.100 e. The van der Waals surface area contributed by atoms with Crippen LogP contribution in [-0.2, 0) is 6.61 Å². The van der Waals surface area contributed by atoms with Crippen LogP contribution in [0.2, 0.25) is 0 Å². The molecule has 0 aliphatic carbocycles. The number of aliphatic hydroxyl groups excluding tert-OH is 1. The Morgan fingerprint density at radius 1 is 0.862 bits per heavy atom. The highest BCUT2D eigenvalue weighted by Gasteiger charge is 2.25. The number of nitrogens with zero attached hydrogens (tertiary/aromatic N) is 4. The van der Waals surface area contributed by atoms with E-state index in [4.69, 9.17) is 0 Å². The van der Waals surface area contributed by atoms with Crippen molar-refractivity contribution in [3.8, 4) is 5.69 Å². The monoisotopic (exact) mass is 390 g/mol. The summed E-state index contributed by atoms with van der Waals surface area (Å²) < 4.78 is 2.10. The van der Waals surface area contributed by atoms with Gasteiger partial charge in [0.15, 0.2) is 0 Å². The fourth-order valence-corrected chi connectivity index (χ4v) is 4.95. The molecule has 1 N–H and O–H groups in total. The normalized spacial score (nSPS) is 19.1. The largest absolute Gasteiger partial charge is 0.392 e. The SMILES string of the molecule is OCc1ccc2ncn(-c3ccc(N4CCC(N5CCCCC5)CC4)cc3)c2c1. The lowest BCUT2D eigenvalue weighted by molar-refractivity contribution is 0.141. The maximum atomic E-state index is 9.44. The number of likely N-dealkylation sites (tertiary alicyclic amines) is 1. The fourth-order valence-electron chi connectivity index (χ4n) is 4.95. The molecule has 0 amide bonds. The van der Waals surface area contributed by atoms with Crippen molar-refractivity contribution < 1.29 is 5.11 Å². The van der Waals surface area contributed by atoms with Gasteiger partial charge in [0.05, 0.1) is 17.6 Å². The molecule has 1 aromatic heterocycles. The van der Waals surface area contributed by atoms with Crippen molar-refractivity contribution >= 4 is 16.7 Å². The first-order valence-corrected chi connectivity index (χ1v) is 11.0. The number of hydrogen-bond acceptors (Lipinski definition) is 4. The number of fused-ring (bicyclic) bond motifs is 1. The minimum atomic E-state index is 0.0490. The lowest BCUT2D eigenvalue weighted by Gasteiger charge is -2.41. The molecular formula is C24H30N4O. The first kappa shape index (κ1) is 18.6. The highest BCUT2D eigenvalue weighted by atomic mass is 16.3. The Morgan fingerprint density at radius 3 is 2.31 bits per heavy atom. The van der Waals surface area contributed by atoms with Crippen molar-refractivity contribution in [1.82, 2.24) is 14.5 Å². The van der Waals surface area contributed by atoms with Gasteiger partial charge in [-0.2, -0.15) is 0 Å². The molecule has 0 atom stereocenters. The average Bonchev–Trinajstić information content (AvgIpc) is 3.23. The molecule has 0 radical (unpaired) electrons. The molecule has 5 nitrogen and oxygen atoms in total. The number of imidazole rings is 1. The summed E-state index contributed by atoms with van der Waals surface area (Å²) in [5, 5.41) is 9.44. The summed E-state index contributed by atoms with van der Waals surface area (Å²) in [6.45, 7) is 4.95. The number of aromatic nitrogens is 2. The Balaban J connectivity index is 1.29. The molecule has 5 rings (SSSR count). The summed E-state index contributed by atoms with van der Waals surface area (Å²) in [4.78, 5) is 9.76. The van der Waals surface area contributed by atoms with Crippen LogP contribution in [-0.4, -0.2) is 51.8 Å². The number of anilines is 1. The molecule has 2 aromatic carbocycles. The van der Waals surface area contributed by atoms with Crippen LogP contribution >= 0.6 is 0 Å². The maximum absolute atomic E-state index is 9.44. The van der Waals surface area contributed by atoms with Gasteiger partial charge in [0, 0.05) is 30.5 Å². The Labute approximate surface area is 172 Å². The van der Waals surface area contributed by atoms with Gasteiger partial charge in [0.1, 0.15) is 6.33 Å². The van der Waals surface area contributed by atoms with Crippen LogP contribution in [0, 0.1) is 0 Å². The number of benzene rings is 2. The van der Waals surface area contributed by atoms with Crippen LogP contribution in [0.3, 0.4) is 0 Å². The molecular weight excluding hydrogens is 360 g/mol. The summed E-state index contributed by atoms with van der Waals surface area (Å²) in [7, 11) is 0. The molecule has 0 saturated carbocycles. The topological polar surface area (TPSA) is 44.5 Å². The zero-order chi connectivity index (χ0) is 19.6. The molecule has 29 heavy (non-hydrogen) atoms. The minimum absolute atomic E-state index is 0.0490. The zero-order valence-electron chi connectivity index (χ0n) is 17.0. The molecule has 2 fully saturated rings. The minimum Gasteiger partial charge on any atom is -0.392 e. The Bertz CT molecular complexity index is 951. The van der Waals surface area contributed by atoms with Gasteiger partial charge >= 0.3 is 0 Å². The summed E-state index contributed by atoms with van der Waals surface area (Å²) in [6, 6.07) is 15.5. The fraction of sp³-hybridized carbons (Fsp3) is 0.458. The van der Waals surface area contributed by atoms with Gasteiger partial charge in [-0.1, -0.05) is 12.5 Å². The van der Waals surface area contributed by atoms with Gasteiger partial charge in [-0.25, -0.2) is 4.98 Å². The van der Waals surface area contributed by atoms with Crippen molar-refractivity contribution in [3.05, 3.63) is 54.4 Å². The smallest absolute Gasteiger partial charge is 0.100 e. The predicted octanol–water partition coefficient (Wildman–Crippen LogP) is 3.97. The van der Waals surface area contributed by atoms with Gasteiger partial charge in [0.2, 0.25) is 0 Å². The Hall–Kier alpha value is -2.37. The van der Waals surface area contributed by atoms with E-state index in [2.05, 4.69) is 43.6 Å². The van der Waals surface area contributed by atoms with E-state index in [1.54, 1.807) is 0 Å². The molecule has 152 valence electrons. The van der Waals surface area contributed by atoms with Crippen LogP contribution < -0.4 is 4.90 Å². The molecule has 0 bridgehead atoms. The first-order chi connectivity index (χ1) is 14.3. The van der Waals surface area contributed by atoms with Crippen molar-refractivity contribution in [1.29, 1.82) is 0 Å². The number of aliphatic hydroxyl groups is 1. The van der Waals surface area contributed by atoms with Crippen LogP contribution in [0.4, 0.5) is 5.69 Å². The van der Waals surface area contributed by atoms with E-state index in [0.29, 0.717) is 0 Å². The molecule has 3 aromatic rings. The lowest BCUT2D eigenvalue weighted by atomic mass is 9.99. The highest BCUT2D eigenvalue weighted by Crippen LogP contribution is 2.26. The summed E-state index contributed by atoms with van der Waals surface area (Å²) in [6.07, 6.45) is 8.59.